The average Bonchev–Trinajstić information content (AvgIpc) is 3.05. The van der Waals surface area contributed by atoms with Crippen molar-refractivity contribution in [2.75, 3.05) is 17.7 Å². The number of nitrogens with one attached hydrogen (secondary N) is 2. The minimum atomic E-state index is -0.413. The highest BCUT2D eigenvalue weighted by Crippen LogP contribution is 2.41. The molecule has 4 N–H and O–H groups in total. The van der Waals surface area contributed by atoms with Gasteiger partial charge in [0.15, 0.2) is 5.78 Å². The molecule has 1 unspecified atom stereocenters. The van der Waals surface area contributed by atoms with Gasteiger partial charge in [-0.1, -0.05) is 25.1 Å². The molecule has 3 aromatic rings. The fourth-order valence-corrected chi connectivity index (χ4v) is 3.93. The van der Waals surface area contributed by atoms with Gasteiger partial charge in [-0.2, -0.15) is 0 Å². The summed E-state index contributed by atoms with van der Waals surface area (Å²) in [6.45, 7) is 2.60. The van der Waals surface area contributed by atoms with Crippen LogP contribution in [0.4, 0.5) is 11.4 Å². The summed E-state index contributed by atoms with van der Waals surface area (Å²) in [5.74, 6) is 5.92. The molecule has 0 fully saturated rings. The van der Waals surface area contributed by atoms with Gasteiger partial charge >= 0.3 is 0 Å². The highest BCUT2D eigenvalue weighted by molar-refractivity contribution is 6.09. The number of Topliss-reactive ketones (excluding diaryl/α,β-unsaturated/α-hetero) is 1. The van der Waals surface area contributed by atoms with Crippen LogP contribution in [0.2, 0.25) is 0 Å². The molecule has 1 atom stereocenters. The molecule has 7 nitrogen and oxygen atoms in total. The largest absolute Gasteiger partial charge is 0.356 e. The van der Waals surface area contributed by atoms with Gasteiger partial charge in [0, 0.05) is 43.0 Å². The van der Waals surface area contributed by atoms with Crippen LogP contribution in [-0.4, -0.2) is 27.9 Å². The second-order valence-electron chi connectivity index (χ2n) is 7.46. The van der Waals surface area contributed by atoms with Crippen LogP contribution in [0.3, 0.4) is 0 Å². The summed E-state index contributed by atoms with van der Waals surface area (Å²) >= 11 is 0. The minimum absolute atomic E-state index is 0.0779. The zero-order valence-corrected chi connectivity index (χ0v) is 16.9. The van der Waals surface area contributed by atoms with Crippen molar-refractivity contribution in [3.63, 3.8) is 0 Å². The maximum atomic E-state index is 13.2. The number of rotatable bonds is 6. The first kappa shape index (κ1) is 19.7. The molecule has 154 valence electrons. The number of hydrogen-bond donors (Lipinski definition) is 3. The summed E-state index contributed by atoms with van der Waals surface area (Å²) in [7, 11) is 0. The zero-order chi connectivity index (χ0) is 21.1. The van der Waals surface area contributed by atoms with Crippen molar-refractivity contribution in [2.24, 2.45) is 5.92 Å². The van der Waals surface area contributed by atoms with Crippen LogP contribution in [0.25, 0.3) is 11.3 Å². The van der Waals surface area contributed by atoms with Crippen molar-refractivity contribution in [1.29, 1.82) is 0 Å². The van der Waals surface area contributed by atoms with Crippen LogP contribution >= 0.6 is 0 Å². The fraction of sp³-hybridized carbons (Fsp3) is 0.261. The van der Waals surface area contributed by atoms with Gasteiger partial charge in [-0.25, -0.2) is 0 Å². The van der Waals surface area contributed by atoms with E-state index in [9.17, 15) is 9.59 Å². The number of benzene rings is 1. The number of nitrogen functional groups attached to an aromatic ring is 1. The molecule has 2 aromatic heterocycles. The van der Waals surface area contributed by atoms with Crippen LogP contribution in [0.5, 0.6) is 0 Å². The molecule has 4 rings (SSSR count). The maximum Gasteiger partial charge on any atom is 0.223 e. The molecular formula is C23H25N5O2. The molecule has 0 bridgehead atoms. The molecule has 1 aromatic carbocycles. The Morgan fingerprint density at radius 1 is 1.17 bits per heavy atom. The van der Waals surface area contributed by atoms with E-state index in [1.807, 2.05) is 49.4 Å². The lowest BCUT2D eigenvalue weighted by atomic mass is 9.85. The first-order valence-electron chi connectivity index (χ1n) is 10.2. The Bertz CT molecular complexity index is 1060. The zero-order valence-electron chi connectivity index (χ0n) is 16.9. The number of aromatic nitrogens is 2. The normalized spacial score (nSPS) is 15.5. The lowest BCUT2D eigenvalue weighted by molar-refractivity contribution is -0.125. The molecule has 1 aliphatic rings. The summed E-state index contributed by atoms with van der Waals surface area (Å²) in [4.78, 5) is 29.8. The molecule has 7 heteroatoms. The van der Waals surface area contributed by atoms with Gasteiger partial charge in [0.25, 0.3) is 0 Å². The number of carbonyl (C=O) groups is 2. The van der Waals surface area contributed by atoms with E-state index < -0.39 is 5.92 Å². The van der Waals surface area contributed by atoms with Crippen molar-refractivity contribution in [3.8, 4) is 11.3 Å². The van der Waals surface area contributed by atoms with E-state index in [0.717, 1.165) is 17.7 Å². The number of hydrogen-bond acceptors (Lipinski definition) is 5. The molecule has 0 aliphatic heterocycles. The number of para-hydroxylation sites is 1. The predicted molar refractivity (Wildman–Crippen MR) is 117 cm³/mol. The highest BCUT2D eigenvalue weighted by Gasteiger charge is 2.36. The highest BCUT2D eigenvalue weighted by atomic mass is 16.2. The fourth-order valence-electron chi connectivity index (χ4n) is 3.93. The quantitative estimate of drug-likeness (QED) is 0.548. The number of carbonyl (C=O) groups excluding carboxylic acids is 2. The summed E-state index contributed by atoms with van der Waals surface area (Å²) in [6.07, 6.45) is 4.82. The molecule has 30 heavy (non-hydrogen) atoms. The van der Waals surface area contributed by atoms with Gasteiger partial charge < -0.3 is 16.5 Å². The molecule has 0 saturated heterocycles. The van der Waals surface area contributed by atoms with Gasteiger partial charge in [-0.15, -0.1) is 0 Å². The Labute approximate surface area is 175 Å². The minimum Gasteiger partial charge on any atom is -0.356 e. The number of anilines is 2. The molecule has 2 heterocycles. The summed E-state index contributed by atoms with van der Waals surface area (Å²) < 4.78 is 1.55. The van der Waals surface area contributed by atoms with Crippen LogP contribution in [0.1, 0.15) is 35.8 Å². The molecule has 0 spiro atoms. The number of ketones is 1. The summed E-state index contributed by atoms with van der Waals surface area (Å²) in [5.41, 5.74) is 4.31. The third-order valence-electron chi connectivity index (χ3n) is 5.37. The van der Waals surface area contributed by atoms with Gasteiger partial charge in [0.2, 0.25) is 5.91 Å². The van der Waals surface area contributed by atoms with Crippen molar-refractivity contribution in [2.45, 2.75) is 26.2 Å². The van der Waals surface area contributed by atoms with Gasteiger partial charge in [0.1, 0.15) is 0 Å². The van der Waals surface area contributed by atoms with E-state index in [0.29, 0.717) is 35.6 Å². The van der Waals surface area contributed by atoms with Crippen LogP contribution < -0.4 is 16.5 Å². The predicted octanol–water partition coefficient (Wildman–Crippen LogP) is 3.28. The van der Waals surface area contributed by atoms with Gasteiger partial charge in [0.05, 0.1) is 28.6 Å². The van der Waals surface area contributed by atoms with Crippen LogP contribution in [-0.2, 0) is 11.2 Å². The molecule has 1 amide bonds. The molecular weight excluding hydrogens is 378 g/mol. The van der Waals surface area contributed by atoms with Crippen LogP contribution in [0, 0.1) is 5.92 Å². The number of nitrogens with zero attached hydrogens (tertiary/aromatic N) is 2. The number of nitrogens with two attached hydrogens (primary N) is 1. The Balaban J connectivity index is 1.80. The topological polar surface area (TPSA) is 102 Å². The number of amides is 1. The molecule has 1 aliphatic carbocycles. The van der Waals surface area contributed by atoms with Crippen molar-refractivity contribution >= 4 is 23.1 Å². The summed E-state index contributed by atoms with van der Waals surface area (Å²) in [6, 6.07) is 13.4. The van der Waals surface area contributed by atoms with E-state index in [1.54, 1.807) is 17.1 Å². The van der Waals surface area contributed by atoms with Crippen molar-refractivity contribution < 1.29 is 9.59 Å². The van der Waals surface area contributed by atoms with Crippen molar-refractivity contribution in [3.05, 3.63) is 66.1 Å². The van der Waals surface area contributed by atoms with E-state index in [-0.39, 0.29) is 18.1 Å². The van der Waals surface area contributed by atoms with Crippen LogP contribution in [0.15, 0.2) is 54.9 Å². The third-order valence-corrected chi connectivity index (χ3v) is 5.37. The number of fused-ring (bicyclic) bond motifs is 1. The SMILES string of the molecule is CCCNC(=O)C1CC(=O)c2c(Nc3ccccc3)c(-c3ccncc3)n(N)c2C1. The second kappa shape index (κ2) is 8.41. The average molecular weight is 403 g/mol. The number of pyridine rings is 1. The molecule has 0 saturated carbocycles. The Morgan fingerprint density at radius 3 is 2.60 bits per heavy atom. The monoisotopic (exact) mass is 403 g/mol. The van der Waals surface area contributed by atoms with E-state index in [2.05, 4.69) is 15.6 Å². The standard InChI is InChI=1S/C23H25N5O2/c1-2-10-26-23(30)16-13-18-20(19(29)14-16)21(27-17-6-4-3-5-7-17)22(28(18)24)15-8-11-25-12-9-15/h3-9,11-12,16,27H,2,10,13-14,24H2,1H3,(H,26,30). The maximum absolute atomic E-state index is 13.2. The van der Waals surface area contributed by atoms with Gasteiger partial charge in [-0.3, -0.25) is 19.2 Å². The van der Waals surface area contributed by atoms with Crippen molar-refractivity contribution in [1.82, 2.24) is 15.0 Å². The van der Waals surface area contributed by atoms with E-state index in [1.165, 1.54) is 0 Å². The Hall–Kier alpha value is -3.61. The first-order valence-corrected chi connectivity index (χ1v) is 10.2. The van der Waals surface area contributed by atoms with E-state index in [4.69, 9.17) is 5.84 Å². The second-order valence-corrected chi connectivity index (χ2v) is 7.46. The van der Waals surface area contributed by atoms with E-state index >= 15 is 0 Å². The van der Waals surface area contributed by atoms with Gasteiger partial charge in [-0.05, 0) is 30.7 Å². The Kier molecular flexibility index (Phi) is 5.52. The Morgan fingerprint density at radius 2 is 1.90 bits per heavy atom. The molecule has 0 radical (unpaired) electrons. The third kappa shape index (κ3) is 3.66. The first-order chi connectivity index (χ1) is 14.6. The lowest BCUT2D eigenvalue weighted by Gasteiger charge is -2.22. The lowest BCUT2D eigenvalue weighted by Crippen LogP contribution is -2.37. The smallest absolute Gasteiger partial charge is 0.223 e. The summed E-state index contributed by atoms with van der Waals surface area (Å²) in [5, 5.41) is 6.29.